The van der Waals surface area contributed by atoms with E-state index >= 15 is 0 Å². The molecule has 0 bridgehead atoms. The fraction of sp³-hybridized carbons (Fsp3) is 0.350. The Labute approximate surface area is 185 Å². The zero-order valence-electron chi connectivity index (χ0n) is 17.7. The third kappa shape index (κ3) is 4.53. The van der Waals surface area contributed by atoms with Gasteiger partial charge >= 0.3 is 0 Å². The van der Waals surface area contributed by atoms with Gasteiger partial charge in [0, 0.05) is 31.7 Å². The number of aryl methyl sites for hydroxylation is 1. The Bertz CT molecular complexity index is 1270. The summed E-state index contributed by atoms with van der Waals surface area (Å²) < 4.78 is 80.7. The molecular weight excluding hydrogens is 464 g/mol. The van der Waals surface area contributed by atoms with Crippen molar-refractivity contribution in [1.82, 2.24) is 13.9 Å². The molecule has 0 aromatic heterocycles. The molecule has 1 saturated heterocycles. The van der Waals surface area contributed by atoms with Gasteiger partial charge in [0.2, 0.25) is 20.0 Å². The van der Waals surface area contributed by atoms with Crippen LogP contribution in [0.15, 0.2) is 40.1 Å². The summed E-state index contributed by atoms with van der Waals surface area (Å²) in [7, 11) is -6.78. The molecule has 1 fully saturated rings. The van der Waals surface area contributed by atoms with Crippen molar-refractivity contribution in [3.8, 4) is 0 Å². The molecule has 174 valence electrons. The first-order chi connectivity index (χ1) is 14.9. The van der Waals surface area contributed by atoms with E-state index in [2.05, 4.69) is 4.72 Å². The number of carbonyl (C=O) groups excluding carboxylic acids is 1. The quantitative estimate of drug-likeness (QED) is 0.691. The van der Waals surface area contributed by atoms with Crippen molar-refractivity contribution < 1.29 is 30.4 Å². The zero-order valence-corrected chi connectivity index (χ0v) is 19.4. The van der Waals surface area contributed by atoms with Crippen LogP contribution in [0.5, 0.6) is 0 Å². The highest BCUT2D eigenvalue weighted by atomic mass is 32.2. The Balaban J connectivity index is 1.81. The Morgan fingerprint density at radius 3 is 2.16 bits per heavy atom. The van der Waals surface area contributed by atoms with E-state index in [4.69, 9.17) is 0 Å². The monoisotopic (exact) mass is 487 g/mol. The predicted molar refractivity (Wildman–Crippen MR) is 113 cm³/mol. The van der Waals surface area contributed by atoms with Gasteiger partial charge in [-0.1, -0.05) is 0 Å². The smallest absolute Gasteiger partial charge is 0.253 e. The topological polar surface area (TPSA) is 104 Å². The van der Waals surface area contributed by atoms with Crippen molar-refractivity contribution in [3.05, 3.63) is 58.7 Å². The number of hydrogen-bond donors (Lipinski definition) is 1. The summed E-state index contributed by atoms with van der Waals surface area (Å²) in [6.07, 6.45) is 0. The first-order valence-electron chi connectivity index (χ1n) is 9.67. The van der Waals surface area contributed by atoms with E-state index in [0.717, 1.165) is 16.4 Å². The summed E-state index contributed by atoms with van der Waals surface area (Å²) in [6, 6.07) is 5.08. The molecule has 0 radical (unpaired) electrons. The summed E-state index contributed by atoms with van der Waals surface area (Å²) >= 11 is 0. The lowest BCUT2D eigenvalue weighted by Gasteiger charge is -2.34. The maximum atomic E-state index is 14.0. The molecule has 32 heavy (non-hydrogen) atoms. The first kappa shape index (κ1) is 24.2. The highest BCUT2D eigenvalue weighted by Gasteiger charge is 2.33. The number of carbonyl (C=O) groups is 1. The molecule has 1 amide bonds. The zero-order chi connectivity index (χ0) is 23.8. The van der Waals surface area contributed by atoms with Gasteiger partial charge in [-0.25, -0.2) is 30.3 Å². The molecule has 0 spiro atoms. The van der Waals surface area contributed by atoms with Crippen LogP contribution in [0.2, 0.25) is 0 Å². The number of rotatable bonds is 5. The number of benzene rings is 2. The van der Waals surface area contributed by atoms with Gasteiger partial charge in [0.05, 0.1) is 4.90 Å². The lowest BCUT2D eigenvalue weighted by molar-refractivity contribution is 0.0697. The summed E-state index contributed by atoms with van der Waals surface area (Å²) in [5.74, 6) is -2.38. The molecule has 1 heterocycles. The van der Waals surface area contributed by atoms with Crippen LogP contribution in [0.4, 0.5) is 8.78 Å². The van der Waals surface area contributed by atoms with Crippen LogP contribution in [0.25, 0.3) is 0 Å². The molecule has 0 saturated carbocycles. The molecule has 1 aliphatic rings. The molecule has 2 aromatic rings. The van der Waals surface area contributed by atoms with Crippen LogP contribution >= 0.6 is 0 Å². The lowest BCUT2D eigenvalue weighted by atomic mass is 10.1. The average Bonchev–Trinajstić information content (AvgIpc) is 2.76. The largest absolute Gasteiger partial charge is 0.336 e. The first-order valence-corrected chi connectivity index (χ1v) is 12.6. The minimum absolute atomic E-state index is 0.00820. The van der Waals surface area contributed by atoms with E-state index < -0.39 is 42.5 Å². The second-order valence-corrected chi connectivity index (χ2v) is 11.2. The molecule has 0 atom stereocenters. The molecule has 3 rings (SSSR count). The SMILES string of the molecule is CNS(=O)(=O)c1cc(C(=O)N2CCN(S(=O)(=O)c3cc(F)ccc3F)CC2)cc(C)c1C. The molecular formula is C20H23F2N3O5S2. The van der Waals surface area contributed by atoms with Crippen LogP contribution in [0.3, 0.4) is 0 Å². The molecule has 8 nitrogen and oxygen atoms in total. The minimum atomic E-state index is -4.28. The molecule has 12 heteroatoms. The molecule has 1 aliphatic heterocycles. The average molecular weight is 488 g/mol. The molecule has 1 N–H and O–H groups in total. The minimum Gasteiger partial charge on any atom is -0.336 e. The number of nitrogens with zero attached hydrogens (tertiary/aromatic N) is 2. The Morgan fingerprint density at radius 1 is 0.938 bits per heavy atom. The summed E-state index contributed by atoms with van der Waals surface area (Å²) in [5.41, 5.74) is 1.30. The molecule has 2 aromatic carbocycles. The van der Waals surface area contributed by atoms with Crippen LogP contribution in [-0.2, 0) is 20.0 Å². The standard InChI is InChI=1S/C20H23F2N3O5S2/c1-13-10-15(11-18(14(13)2)31(27,28)23-3)20(26)24-6-8-25(9-7-24)32(29,30)19-12-16(21)4-5-17(19)22/h4-5,10-12,23H,6-9H2,1-3H3. The van der Waals surface area contributed by atoms with E-state index in [-0.39, 0.29) is 36.6 Å². The van der Waals surface area contributed by atoms with E-state index in [1.54, 1.807) is 19.9 Å². The van der Waals surface area contributed by atoms with Crippen molar-refractivity contribution in [3.63, 3.8) is 0 Å². The van der Waals surface area contributed by atoms with Crippen molar-refractivity contribution >= 4 is 26.0 Å². The number of nitrogens with one attached hydrogen (secondary N) is 1. The highest BCUT2D eigenvalue weighted by molar-refractivity contribution is 7.89. The summed E-state index contributed by atoms with van der Waals surface area (Å²) in [6.45, 7) is 3.13. The molecule has 0 unspecified atom stereocenters. The summed E-state index contributed by atoms with van der Waals surface area (Å²) in [4.78, 5) is 13.6. The number of piperazine rings is 1. The van der Waals surface area contributed by atoms with Crippen LogP contribution in [0, 0.1) is 25.5 Å². The van der Waals surface area contributed by atoms with Gasteiger partial charge in [-0.05, 0) is 62.4 Å². The third-order valence-electron chi connectivity index (χ3n) is 5.46. The Hall–Kier alpha value is -2.41. The predicted octanol–water partition coefficient (Wildman–Crippen LogP) is 1.64. The van der Waals surface area contributed by atoms with E-state index in [0.29, 0.717) is 17.2 Å². The second-order valence-electron chi connectivity index (χ2n) is 7.39. The number of amides is 1. The maximum absolute atomic E-state index is 14.0. The molecule has 0 aliphatic carbocycles. The number of sulfonamides is 2. The second kappa shape index (κ2) is 8.85. The Kier molecular flexibility index (Phi) is 6.70. The fourth-order valence-electron chi connectivity index (χ4n) is 3.47. The highest BCUT2D eigenvalue weighted by Crippen LogP contribution is 2.24. The van der Waals surface area contributed by atoms with Gasteiger partial charge in [0.15, 0.2) is 0 Å². The van der Waals surface area contributed by atoms with E-state index in [1.165, 1.54) is 18.0 Å². The number of halogens is 2. The lowest BCUT2D eigenvalue weighted by Crippen LogP contribution is -2.50. The number of hydrogen-bond acceptors (Lipinski definition) is 5. The van der Waals surface area contributed by atoms with Crippen LogP contribution < -0.4 is 4.72 Å². The van der Waals surface area contributed by atoms with Crippen molar-refractivity contribution in [2.24, 2.45) is 0 Å². The van der Waals surface area contributed by atoms with Gasteiger partial charge in [0.25, 0.3) is 5.91 Å². The normalized spacial score (nSPS) is 15.7. The maximum Gasteiger partial charge on any atom is 0.253 e. The fourth-order valence-corrected chi connectivity index (χ4v) is 6.03. The van der Waals surface area contributed by atoms with Gasteiger partial charge in [-0.15, -0.1) is 0 Å². The van der Waals surface area contributed by atoms with Gasteiger partial charge in [-0.3, -0.25) is 4.79 Å². The van der Waals surface area contributed by atoms with Crippen molar-refractivity contribution in [1.29, 1.82) is 0 Å². The van der Waals surface area contributed by atoms with E-state index in [1.807, 2.05) is 0 Å². The van der Waals surface area contributed by atoms with Gasteiger partial charge < -0.3 is 4.90 Å². The third-order valence-corrected chi connectivity index (χ3v) is 8.92. The van der Waals surface area contributed by atoms with Crippen LogP contribution in [-0.4, -0.2) is 65.2 Å². The van der Waals surface area contributed by atoms with Crippen molar-refractivity contribution in [2.45, 2.75) is 23.6 Å². The van der Waals surface area contributed by atoms with Crippen molar-refractivity contribution in [2.75, 3.05) is 33.2 Å². The van der Waals surface area contributed by atoms with Crippen LogP contribution in [0.1, 0.15) is 21.5 Å². The summed E-state index contributed by atoms with van der Waals surface area (Å²) in [5, 5.41) is 0. The Morgan fingerprint density at radius 2 is 1.56 bits per heavy atom. The van der Waals surface area contributed by atoms with Gasteiger partial charge in [0.1, 0.15) is 16.5 Å². The van der Waals surface area contributed by atoms with Gasteiger partial charge in [-0.2, -0.15) is 4.31 Å². The van der Waals surface area contributed by atoms with E-state index in [9.17, 15) is 30.4 Å².